The Labute approximate surface area is 100 Å². The number of hydrogen-bond acceptors (Lipinski definition) is 2. The minimum atomic E-state index is 0.422. The first-order valence-corrected chi connectivity index (χ1v) is 6.89. The molecule has 2 heteroatoms. The lowest BCUT2D eigenvalue weighted by Gasteiger charge is -2.37. The average molecular weight is 225 g/mol. The molecular weight excluding hydrogens is 198 g/mol. The second kappa shape index (κ2) is 4.66. The van der Waals surface area contributed by atoms with Gasteiger partial charge in [0.1, 0.15) is 0 Å². The van der Waals surface area contributed by atoms with Crippen molar-refractivity contribution >= 4 is 0 Å². The molecule has 2 aliphatic rings. The van der Waals surface area contributed by atoms with Gasteiger partial charge in [0.05, 0.1) is 12.2 Å². The molecule has 1 saturated heterocycles. The molecule has 2 fully saturated rings. The average Bonchev–Trinajstić information content (AvgIpc) is 2.44. The molecule has 2 nitrogen and oxygen atoms in total. The van der Waals surface area contributed by atoms with Gasteiger partial charge in [-0.1, -0.05) is 20.3 Å². The van der Waals surface area contributed by atoms with Crippen molar-refractivity contribution in [3.8, 4) is 0 Å². The zero-order valence-electron chi connectivity index (χ0n) is 11.3. The van der Waals surface area contributed by atoms with Gasteiger partial charge in [-0.3, -0.25) is 0 Å². The quantitative estimate of drug-likeness (QED) is 0.779. The fourth-order valence-electron chi connectivity index (χ4n) is 3.46. The highest BCUT2D eigenvalue weighted by molar-refractivity contribution is 4.93. The van der Waals surface area contributed by atoms with Gasteiger partial charge in [-0.25, -0.2) is 0 Å². The molecule has 1 aliphatic carbocycles. The Morgan fingerprint density at radius 3 is 2.25 bits per heavy atom. The van der Waals surface area contributed by atoms with Gasteiger partial charge in [-0.15, -0.1) is 0 Å². The van der Waals surface area contributed by atoms with E-state index in [1.165, 1.54) is 32.1 Å². The van der Waals surface area contributed by atoms with E-state index < -0.39 is 0 Å². The monoisotopic (exact) mass is 225 g/mol. The van der Waals surface area contributed by atoms with Crippen LogP contribution in [0.3, 0.4) is 0 Å². The van der Waals surface area contributed by atoms with Crippen molar-refractivity contribution in [2.45, 2.75) is 84.1 Å². The van der Waals surface area contributed by atoms with Gasteiger partial charge in [-0.2, -0.15) is 0 Å². The van der Waals surface area contributed by atoms with E-state index in [0.717, 1.165) is 6.04 Å². The lowest BCUT2D eigenvalue weighted by molar-refractivity contribution is -0.0451. The van der Waals surface area contributed by atoms with Gasteiger partial charge < -0.3 is 10.1 Å². The van der Waals surface area contributed by atoms with Crippen LogP contribution >= 0.6 is 0 Å². The summed E-state index contributed by atoms with van der Waals surface area (Å²) in [5.74, 6) is 0. The molecule has 16 heavy (non-hydrogen) atoms. The predicted octanol–water partition coefficient (Wildman–Crippen LogP) is 3.11. The third-order valence-corrected chi connectivity index (χ3v) is 4.39. The first kappa shape index (κ1) is 12.4. The Hall–Kier alpha value is -0.0800. The molecule has 1 saturated carbocycles. The Morgan fingerprint density at radius 2 is 1.75 bits per heavy atom. The SMILES string of the molecule is CC1CC(NC2CCCC2(C)C)CC(C)O1. The molecule has 1 heterocycles. The maximum Gasteiger partial charge on any atom is 0.0565 e. The molecule has 0 bridgehead atoms. The van der Waals surface area contributed by atoms with Crippen molar-refractivity contribution in [3.63, 3.8) is 0 Å². The van der Waals surface area contributed by atoms with E-state index in [-0.39, 0.29) is 0 Å². The first-order valence-electron chi connectivity index (χ1n) is 6.89. The maximum atomic E-state index is 5.79. The molecule has 2 rings (SSSR count). The third-order valence-electron chi connectivity index (χ3n) is 4.39. The molecule has 3 atom stereocenters. The number of nitrogens with one attached hydrogen (secondary N) is 1. The fraction of sp³-hybridized carbons (Fsp3) is 1.00. The maximum absolute atomic E-state index is 5.79. The summed E-state index contributed by atoms with van der Waals surface area (Å²) < 4.78 is 5.79. The van der Waals surface area contributed by atoms with Gasteiger partial charge in [0.2, 0.25) is 0 Å². The van der Waals surface area contributed by atoms with Crippen LogP contribution in [0.15, 0.2) is 0 Å². The highest BCUT2D eigenvalue weighted by Gasteiger charge is 2.36. The Morgan fingerprint density at radius 1 is 1.12 bits per heavy atom. The van der Waals surface area contributed by atoms with Crippen LogP contribution in [0.25, 0.3) is 0 Å². The van der Waals surface area contributed by atoms with E-state index in [0.29, 0.717) is 23.7 Å². The molecule has 3 unspecified atom stereocenters. The molecule has 94 valence electrons. The van der Waals surface area contributed by atoms with Crippen LogP contribution in [0.5, 0.6) is 0 Å². The summed E-state index contributed by atoms with van der Waals surface area (Å²) in [5, 5.41) is 3.89. The number of ether oxygens (including phenoxy) is 1. The zero-order valence-corrected chi connectivity index (χ0v) is 11.3. The Kier molecular flexibility index (Phi) is 3.60. The molecule has 0 aromatic heterocycles. The lowest BCUT2D eigenvalue weighted by Crippen LogP contribution is -2.48. The number of hydrogen-bond donors (Lipinski definition) is 1. The van der Waals surface area contributed by atoms with Gasteiger partial charge in [-0.05, 0) is 44.9 Å². The van der Waals surface area contributed by atoms with E-state index >= 15 is 0 Å². The van der Waals surface area contributed by atoms with Gasteiger partial charge in [0, 0.05) is 12.1 Å². The van der Waals surface area contributed by atoms with Crippen molar-refractivity contribution in [1.29, 1.82) is 0 Å². The van der Waals surface area contributed by atoms with Crippen molar-refractivity contribution in [3.05, 3.63) is 0 Å². The molecule has 0 aromatic carbocycles. The van der Waals surface area contributed by atoms with E-state index in [2.05, 4.69) is 33.0 Å². The van der Waals surface area contributed by atoms with Crippen LogP contribution in [-0.2, 0) is 4.74 Å². The highest BCUT2D eigenvalue weighted by Crippen LogP contribution is 2.38. The molecule has 0 amide bonds. The van der Waals surface area contributed by atoms with Crippen molar-refractivity contribution in [2.75, 3.05) is 0 Å². The molecule has 1 aliphatic heterocycles. The summed E-state index contributed by atoms with van der Waals surface area (Å²) in [6.45, 7) is 9.21. The summed E-state index contributed by atoms with van der Waals surface area (Å²) in [6.07, 6.45) is 7.32. The van der Waals surface area contributed by atoms with Crippen LogP contribution in [-0.4, -0.2) is 24.3 Å². The van der Waals surface area contributed by atoms with E-state index in [4.69, 9.17) is 4.74 Å². The number of rotatable bonds is 2. The normalized spacial score (nSPS) is 43.5. The van der Waals surface area contributed by atoms with Crippen LogP contribution in [0.1, 0.15) is 59.8 Å². The summed E-state index contributed by atoms with van der Waals surface area (Å²) in [5.41, 5.74) is 0.491. The topological polar surface area (TPSA) is 21.3 Å². The van der Waals surface area contributed by atoms with Crippen LogP contribution in [0, 0.1) is 5.41 Å². The van der Waals surface area contributed by atoms with Gasteiger partial charge >= 0.3 is 0 Å². The molecule has 1 N–H and O–H groups in total. The minimum Gasteiger partial charge on any atom is -0.375 e. The summed E-state index contributed by atoms with van der Waals surface area (Å²) in [7, 11) is 0. The fourth-order valence-corrected chi connectivity index (χ4v) is 3.46. The van der Waals surface area contributed by atoms with Gasteiger partial charge in [0.25, 0.3) is 0 Å². The minimum absolute atomic E-state index is 0.422. The third kappa shape index (κ3) is 2.78. The second-order valence-corrected chi connectivity index (χ2v) is 6.53. The van der Waals surface area contributed by atoms with E-state index in [9.17, 15) is 0 Å². The summed E-state index contributed by atoms with van der Waals surface area (Å²) in [4.78, 5) is 0. The molecule has 0 aromatic rings. The zero-order chi connectivity index (χ0) is 11.8. The Balaban J connectivity index is 1.89. The Bertz CT molecular complexity index is 229. The van der Waals surface area contributed by atoms with E-state index in [1.807, 2.05) is 0 Å². The van der Waals surface area contributed by atoms with E-state index in [1.54, 1.807) is 0 Å². The molecule has 0 spiro atoms. The van der Waals surface area contributed by atoms with Crippen molar-refractivity contribution < 1.29 is 4.74 Å². The second-order valence-electron chi connectivity index (χ2n) is 6.53. The lowest BCUT2D eigenvalue weighted by atomic mass is 9.86. The van der Waals surface area contributed by atoms with Crippen LogP contribution < -0.4 is 5.32 Å². The molecular formula is C14H27NO. The van der Waals surface area contributed by atoms with Crippen LogP contribution in [0.4, 0.5) is 0 Å². The van der Waals surface area contributed by atoms with Crippen molar-refractivity contribution in [2.24, 2.45) is 5.41 Å². The predicted molar refractivity (Wildman–Crippen MR) is 67.6 cm³/mol. The summed E-state index contributed by atoms with van der Waals surface area (Å²) in [6, 6.07) is 1.39. The molecule has 0 radical (unpaired) electrons. The van der Waals surface area contributed by atoms with Crippen LogP contribution in [0.2, 0.25) is 0 Å². The first-order chi connectivity index (χ1) is 7.47. The standard InChI is InChI=1S/C14H27NO/c1-10-8-12(9-11(2)16-10)15-13-6-5-7-14(13,3)4/h10-13,15H,5-9H2,1-4H3. The smallest absolute Gasteiger partial charge is 0.0565 e. The largest absolute Gasteiger partial charge is 0.375 e. The van der Waals surface area contributed by atoms with Gasteiger partial charge in [0.15, 0.2) is 0 Å². The van der Waals surface area contributed by atoms with Crippen molar-refractivity contribution in [1.82, 2.24) is 5.32 Å². The highest BCUT2D eigenvalue weighted by atomic mass is 16.5. The summed E-state index contributed by atoms with van der Waals surface area (Å²) >= 11 is 0.